The summed E-state index contributed by atoms with van der Waals surface area (Å²) < 4.78 is 22.4. The average Bonchev–Trinajstić information content (AvgIpc) is 3.11. The Bertz CT molecular complexity index is 1070. The van der Waals surface area contributed by atoms with Crippen molar-refractivity contribution in [3.63, 3.8) is 0 Å². The van der Waals surface area contributed by atoms with Gasteiger partial charge >= 0.3 is 0 Å². The molecule has 0 amide bonds. The van der Waals surface area contributed by atoms with Gasteiger partial charge in [-0.1, -0.05) is 43.3 Å². The number of fused-ring (bicyclic) bond motifs is 5. The molecule has 0 aromatic heterocycles. The van der Waals surface area contributed by atoms with Gasteiger partial charge in [0.25, 0.3) is 19.4 Å². The van der Waals surface area contributed by atoms with Crippen LogP contribution in [0.3, 0.4) is 0 Å². The molecule has 35 heavy (non-hydrogen) atoms. The van der Waals surface area contributed by atoms with Crippen LogP contribution in [0, 0.1) is 17.3 Å². The number of benzene rings is 2. The highest BCUT2D eigenvalue weighted by Gasteiger charge is 2.66. The number of hydrogen-bond donors (Lipinski definition) is 0. The summed E-state index contributed by atoms with van der Waals surface area (Å²) in [6, 6.07) is 16.4. The summed E-state index contributed by atoms with van der Waals surface area (Å²) in [4.78, 5) is 34.0. The molecule has 2 aromatic carbocycles. The van der Waals surface area contributed by atoms with Crippen LogP contribution in [-0.4, -0.2) is 37.7 Å². The Balaban J connectivity index is 1.41. The lowest BCUT2D eigenvalue weighted by Crippen LogP contribution is -2.47. The summed E-state index contributed by atoms with van der Waals surface area (Å²) in [6.07, 6.45) is 1.33. The molecule has 7 heteroatoms. The third kappa shape index (κ3) is 4.07. The Hall–Kier alpha value is -3.35. The van der Waals surface area contributed by atoms with Crippen LogP contribution >= 0.6 is 0 Å². The molecule has 0 saturated heterocycles. The van der Waals surface area contributed by atoms with E-state index < -0.39 is 23.7 Å². The van der Waals surface area contributed by atoms with Crippen LogP contribution in [0.2, 0.25) is 0 Å². The first kappa shape index (κ1) is 23.4. The third-order valence-corrected chi connectivity index (χ3v) is 8.50. The van der Waals surface area contributed by atoms with E-state index in [0.717, 1.165) is 37.0 Å². The van der Waals surface area contributed by atoms with Crippen LogP contribution in [0.4, 0.5) is 0 Å². The minimum absolute atomic E-state index is 0.0940. The Morgan fingerprint density at radius 1 is 0.914 bits per heavy atom. The lowest BCUT2D eigenvalue weighted by Gasteiger charge is -2.50. The van der Waals surface area contributed by atoms with Gasteiger partial charge in [0.2, 0.25) is 0 Å². The Labute approximate surface area is 204 Å². The first-order valence-electron chi connectivity index (χ1n) is 12.2. The largest absolute Gasteiger partial charge is 0.489 e. The third-order valence-electron chi connectivity index (χ3n) is 8.50. The van der Waals surface area contributed by atoms with Crippen LogP contribution in [0.5, 0.6) is 5.75 Å². The van der Waals surface area contributed by atoms with Gasteiger partial charge in [-0.25, -0.2) is 0 Å². The zero-order valence-electron chi connectivity index (χ0n) is 19.7. The lowest BCUT2D eigenvalue weighted by atomic mass is 9.55. The molecule has 0 aliphatic heterocycles. The number of aryl methyl sites for hydroxylation is 1. The Morgan fingerprint density at radius 2 is 1.66 bits per heavy atom. The van der Waals surface area contributed by atoms with Gasteiger partial charge in [-0.15, -0.1) is 0 Å². The molecule has 3 unspecified atom stereocenters. The smallest absolute Gasteiger partial charge is 0.293 e. The molecule has 7 nitrogen and oxygen atoms in total. The van der Waals surface area contributed by atoms with Crippen LogP contribution in [0.1, 0.15) is 48.8 Å². The molecule has 0 heterocycles. The minimum atomic E-state index is -0.813. The van der Waals surface area contributed by atoms with Crippen LogP contribution in [-0.2, 0) is 41.6 Å². The van der Waals surface area contributed by atoms with E-state index in [9.17, 15) is 14.4 Å². The normalized spacial score (nSPS) is 32.8. The van der Waals surface area contributed by atoms with Crippen molar-refractivity contribution in [2.75, 3.05) is 0 Å². The van der Waals surface area contributed by atoms with Gasteiger partial charge in [-0.3, -0.25) is 14.4 Å². The molecule has 2 saturated carbocycles. The maximum atomic E-state index is 11.4. The van der Waals surface area contributed by atoms with E-state index in [1.807, 2.05) is 36.4 Å². The van der Waals surface area contributed by atoms with Crippen molar-refractivity contribution in [1.29, 1.82) is 0 Å². The SMILES string of the molecule is C[C@]12CC[C@@H]3c4ccc(OCc5ccccc5)cc4CC[C@H]3[C@@H]1C(OC=O)C(OC=O)C2OC=O. The van der Waals surface area contributed by atoms with Gasteiger partial charge in [0.05, 0.1) is 0 Å². The molecule has 0 radical (unpaired) electrons. The molecule has 2 aromatic rings. The molecule has 3 aliphatic rings. The molecule has 0 N–H and O–H groups in total. The molecule has 7 atom stereocenters. The fraction of sp³-hybridized carbons (Fsp3) is 0.464. The van der Waals surface area contributed by atoms with E-state index in [2.05, 4.69) is 19.1 Å². The number of carbonyl (C=O) groups is 3. The lowest BCUT2D eigenvalue weighted by molar-refractivity contribution is -0.163. The number of carbonyl (C=O) groups excluding carboxylic acids is 3. The average molecular weight is 479 g/mol. The van der Waals surface area contributed by atoms with Crippen molar-refractivity contribution in [2.45, 2.75) is 63.4 Å². The number of ether oxygens (including phenoxy) is 4. The van der Waals surface area contributed by atoms with Gasteiger partial charge in [-0.2, -0.15) is 0 Å². The predicted octanol–water partition coefficient (Wildman–Crippen LogP) is 3.97. The second kappa shape index (κ2) is 9.72. The Kier molecular flexibility index (Phi) is 6.50. The highest BCUT2D eigenvalue weighted by Crippen LogP contribution is 2.62. The molecular weight excluding hydrogens is 448 g/mol. The van der Waals surface area contributed by atoms with Gasteiger partial charge in [-0.05, 0) is 66.3 Å². The van der Waals surface area contributed by atoms with Gasteiger partial charge in [0.1, 0.15) is 24.6 Å². The monoisotopic (exact) mass is 478 g/mol. The highest BCUT2D eigenvalue weighted by atomic mass is 16.6. The first-order valence-corrected chi connectivity index (χ1v) is 12.2. The zero-order valence-corrected chi connectivity index (χ0v) is 19.7. The van der Waals surface area contributed by atoms with Crippen LogP contribution in [0.15, 0.2) is 48.5 Å². The summed E-state index contributed by atoms with van der Waals surface area (Å²) in [5.74, 6) is 1.25. The maximum absolute atomic E-state index is 11.4. The topological polar surface area (TPSA) is 88.1 Å². The molecule has 0 spiro atoms. The summed E-state index contributed by atoms with van der Waals surface area (Å²) in [6.45, 7) is 3.74. The van der Waals surface area contributed by atoms with Crippen LogP contribution in [0.25, 0.3) is 0 Å². The molecule has 184 valence electrons. The van der Waals surface area contributed by atoms with E-state index in [4.69, 9.17) is 18.9 Å². The van der Waals surface area contributed by atoms with E-state index >= 15 is 0 Å². The predicted molar refractivity (Wildman–Crippen MR) is 125 cm³/mol. The van der Waals surface area contributed by atoms with E-state index in [1.54, 1.807) is 0 Å². The van der Waals surface area contributed by atoms with Crippen molar-refractivity contribution < 1.29 is 33.3 Å². The van der Waals surface area contributed by atoms with E-state index in [0.29, 0.717) is 26.0 Å². The van der Waals surface area contributed by atoms with Gasteiger partial charge in [0.15, 0.2) is 6.10 Å². The minimum Gasteiger partial charge on any atom is -0.489 e. The molecule has 3 aliphatic carbocycles. The van der Waals surface area contributed by atoms with Gasteiger partial charge < -0.3 is 18.9 Å². The fourth-order valence-electron chi connectivity index (χ4n) is 7.10. The zero-order chi connectivity index (χ0) is 24.4. The maximum Gasteiger partial charge on any atom is 0.293 e. The summed E-state index contributed by atoms with van der Waals surface area (Å²) in [5, 5.41) is 0. The van der Waals surface area contributed by atoms with Crippen molar-refractivity contribution in [3.8, 4) is 5.75 Å². The second-order valence-electron chi connectivity index (χ2n) is 10.1. The van der Waals surface area contributed by atoms with E-state index in [-0.39, 0.29) is 17.8 Å². The standard InChI is InChI=1S/C28H30O7/c1-28-12-11-22-21-10-8-20(32-14-18-5-3-2-4-6-18)13-19(21)7-9-23(22)24(28)25(33-15-29)26(34-16-30)27(28)35-17-31/h2-6,8,10,13,15-17,22-27H,7,9,11-12,14H2,1H3/t22-,23-,24-,25?,26?,27?,28+/m1/s1. The van der Waals surface area contributed by atoms with Crippen molar-refractivity contribution in [2.24, 2.45) is 17.3 Å². The molecule has 2 fully saturated rings. The molecule has 5 rings (SSSR count). The van der Waals surface area contributed by atoms with Crippen molar-refractivity contribution in [1.82, 2.24) is 0 Å². The van der Waals surface area contributed by atoms with Gasteiger partial charge in [0, 0.05) is 11.3 Å². The Morgan fingerprint density at radius 3 is 2.40 bits per heavy atom. The summed E-state index contributed by atoms with van der Waals surface area (Å²) in [5.41, 5.74) is 3.25. The summed E-state index contributed by atoms with van der Waals surface area (Å²) >= 11 is 0. The quantitative estimate of drug-likeness (QED) is 0.398. The first-order chi connectivity index (χ1) is 17.1. The number of rotatable bonds is 9. The molecule has 0 bridgehead atoms. The number of hydrogen-bond acceptors (Lipinski definition) is 7. The van der Waals surface area contributed by atoms with E-state index in [1.165, 1.54) is 11.1 Å². The highest BCUT2D eigenvalue weighted by molar-refractivity contribution is 5.45. The second-order valence-corrected chi connectivity index (χ2v) is 10.1. The summed E-state index contributed by atoms with van der Waals surface area (Å²) in [7, 11) is 0. The van der Waals surface area contributed by atoms with Crippen molar-refractivity contribution >= 4 is 19.4 Å². The fourth-order valence-corrected chi connectivity index (χ4v) is 7.10. The van der Waals surface area contributed by atoms with Crippen molar-refractivity contribution in [3.05, 3.63) is 65.2 Å². The molecular formula is C28H30O7. The van der Waals surface area contributed by atoms with Crippen LogP contribution < -0.4 is 4.74 Å².